The summed E-state index contributed by atoms with van der Waals surface area (Å²) >= 11 is 0. The van der Waals surface area contributed by atoms with Gasteiger partial charge < -0.3 is 25.4 Å². The van der Waals surface area contributed by atoms with Gasteiger partial charge >= 0.3 is 6.09 Å². The van der Waals surface area contributed by atoms with Crippen molar-refractivity contribution in [1.82, 2.24) is 35.4 Å². The van der Waals surface area contributed by atoms with E-state index in [1.165, 1.54) is 4.90 Å². The van der Waals surface area contributed by atoms with Crippen molar-refractivity contribution in [1.29, 1.82) is 0 Å². The maximum Gasteiger partial charge on any atom is 0.410 e. The molecule has 0 aliphatic carbocycles. The van der Waals surface area contributed by atoms with E-state index in [-0.39, 0.29) is 5.91 Å². The van der Waals surface area contributed by atoms with Gasteiger partial charge in [-0.3, -0.25) is 14.8 Å². The number of aromatic amines is 1. The number of nitrogens with zero attached hydrogens (tertiary/aromatic N) is 5. The first-order chi connectivity index (χ1) is 20.2. The van der Waals surface area contributed by atoms with Gasteiger partial charge in [0.1, 0.15) is 17.5 Å². The zero-order valence-electron chi connectivity index (χ0n) is 24.8. The van der Waals surface area contributed by atoms with Crippen LogP contribution in [0.25, 0.3) is 11.0 Å². The van der Waals surface area contributed by atoms with Crippen LogP contribution in [0.4, 0.5) is 22.2 Å². The second-order valence-corrected chi connectivity index (χ2v) is 10.9. The maximum absolute atomic E-state index is 12.7. The van der Waals surface area contributed by atoms with E-state index < -0.39 is 17.7 Å². The molecule has 0 radical (unpaired) electrons. The fourth-order valence-corrected chi connectivity index (χ4v) is 4.39. The molecule has 13 nitrogen and oxygen atoms in total. The number of unbranched alkanes of at least 4 members (excludes halogenated alkanes) is 1. The molecule has 3 aromatic rings. The minimum Gasteiger partial charge on any atom is -0.479 e. The molecule has 0 bridgehead atoms. The highest BCUT2D eigenvalue weighted by molar-refractivity contribution is 5.86. The maximum atomic E-state index is 12.7. The van der Waals surface area contributed by atoms with Crippen molar-refractivity contribution in [2.75, 3.05) is 37.4 Å². The lowest BCUT2D eigenvalue weighted by atomic mass is 10.2. The minimum atomic E-state index is -0.602. The van der Waals surface area contributed by atoms with E-state index in [2.05, 4.69) is 59.9 Å². The third kappa shape index (κ3) is 7.99. The van der Waals surface area contributed by atoms with Crippen LogP contribution >= 0.6 is 0 Å². The first-order valence-electron chi connectivity index (χ1n) is 14.2. The summed E-state index contributed by atoms with van der Waals surface area (Å²) in [5, 5.41) is 17.1. The molecular formula is C29H39N9O4. The Morgan fingerprint density at radius 1 is 1.21 bits per heavy atom. The van der Waals surface area contributed by atoms with E-state index in [1.807, 2.05) is 26.8 Å². The van der Waals surface area contributed by atoms with E-state index in [9.17, 15) is 9.59 Å². The Balaban J connectivity index is 1.31. The third-order valence-electron chi connectivity index (χ3n) is 6.35. The van der Waals surface area contributed by atoms with Gasteiger partial charge in [-0.05, 0) is 52.5 Å². The van der Waals surface area contributed by atoms with Crippen molar-refractivity contribution < 1.29 is 19.1 Å². The molecule has 0 aromatic carbocycles. The lowest BCUT2D eigenvalue weighted by molar-refractivity contribution is -0.125. The standard InChI is InChI=1S/C29H39N9O4/c1-6-13-30-23-19(17-33-27(35-23)34-20-16-21-24(32-18-20)36-37-26(21)41-5)11-8-7-9-14-31-25(39)22-12-10-15-38(22)28(40)42-29(2,3)4/h16-18,22H,6-7,9-10,12-15H2,1-5H3,(H,31,39)(H,32,36,37)(H2,30,33,34,35)/t22-/m0/s1. The van der Waals surface area contributed by atoms with E-state index >= 15 is 0 Å². The Kier molecular flexibility index (Phi) is 10.0. The average molecular weight is 578 g/mol. The molecule has 42 heavy (non-hydrogen) atoms. The Bertz CT molecular complexity index is 1450. The summed E-state index contributed by atoms with van der Waals surface area (Å²) < 4.78 is 10.7. The number of likely N-dealkylation sites (tertiary alicyclic amines) is 1. The molecule has 1 aliphatic rings. The summed E-state index contributed by atoms with van der Waals surface area (Å²) in [6.45, 7) is 9.24. The molecule has 3 aromatic heterocycles. The van der Waals surface area contributed by atoms with Crippen LogP contribution in [0.5, 0.6) is 5.88 Å². The highest BCUT2D eigenvalue weighted by Crippen LogP contribution is 2.25. The fourth-order valence-electron chi connectivity index (χ4n) is 4.39. The highest BCUT2D eigenvalue weighted by atomic mass is 16.6. The quantitative estimate of drug-likeness (QED) is 0.205. The molecule has 0 saturated carbocycles. The molecule has 4 heterocycles. The van der Waals surface area contributed by atoms with Gasteiger partial charge in [-0.15, -0.1) is 5.10 Å². The van der Waals surface area contributed by atoms with Crippen LogP contribution in [-0.2, 0) is 9.53 Å². The molecule has 0 spiro atoms. The van der Waals surface area contributed by atoms with Crippen LogP contribution in [0.2, 0.25) is 0 Å². The number of aromatic nitrogens is 5. The number of hydrogen-bond donors (Lipinski definition) is 4. The number of nitrogens with one attached hydrogen (secondary N) is 4. The van der Waals surface area contributed by atoms with Gasteiger partial charge in [-0.2, -0.15) is 4.98 Å². The Hall–Kier alpha value is -4.60. The second kappa shape index (κ2) is 13.8. The van der Waals surface area contributed by atoms with Crippen molar-refractivity contribution in [3.63, 3.8) is 0 Å². The van der Waals surface area contributed by atoms with Crippen molar-refractivity contribution in [2.45, 2.75) is 71.4 Å². The molecule has 0 unspecified atom stereocenters. The summed E-state index contributed by atoms with van der Waals surface area (Å²) in [5.74, 6) is 7.63. The van der Waals surface area contributed by atoms with Crippen molar-refractivity contribution in [3.8, 4) is 17.7 Å². The number of fused-ring (bicyclic) bond motifs is 1. The summed E-state index contributed by atoms with van der Waals surface area (Å²) in [5.41, 5.74) is 1.39. The van der Waals surface area contributed by atoms with Crippen molar-refractivity contribution in [2.24, 2.45) is 0 Å². The van der Waals surface area contributed by atoms with Crippen LogP contribution in [-0.4, -0.2) is 80.4 Å². The van der Waals surface area contributed by atoms with Crippen LogP contribution in [0, 0.1) is 11.8 Å². The van der Waals surface area contributed by atoms with Crippen LogP contribution in [0.15, 0.2) is 18.5 Å². The zero-order valence-corrected chi connectivity index (χ0v) is 24.8. The van der Waals surface area contributed by atoms with Crippen molar-refractivity contribution in [3.05, 3.63) is 24.0 Å². The normalized spacial score (nSPS) is 14.7. The monoisotopic (exact) mass is 577 g/mol. The first kappa shape index (κ1) is 30.4. The van der Waals surface area contributed by atoms with Gasteiger partial charge in [0.2, 0.25) is 17.7 Å². The Labute approximate surface area is 245 Å². The number of methoxy groups -OCH3 is 1. The molecule has 13 heteroatoms. The van der Waals surface area contributed by atoms with E-state index in [4.69, 9.17) is 9.47 Å². The number of hydrogen-bond acceptors (Lipinski definition) is 10. The number of anilines is 3. The number of H-pyrrole nitrogens is 1. The van der Waals surface area contributed by atoms with E-state index in [1.54, 1.807) is 19.5 Å². The van der Waals surface area contributed by atoms with Gasteiger partial charge in [0.15, 0.2) is 5.65 Å². The number of amides is 2. The molecule has 1 atom stereocenters. The molecule has 1 saturated heterocycles. The van der Waals surface area contributed by atoms with Gasteiger partial charge in [0.05, 0.1) is 36.1 Å². The van der Waals surface area contributed by atoms with Crippen molar-refractivity contribution >= 4 is 40.5 Å². The largest absolute Gasteiger partial charge is 0.479 e. The predicted molar refractivity (Wildman–Crippen MR) is 160 cm³/mol. The summed E-state index contributed by atoms with van der Waals surface area (Å²) in [4.78, 5) is 40.1. The van der Waals surface area contributed by atoms with Gasteiger partial charge in [0, 0.05) is 26.1 Å². The molecular weight excluding hydrogens is 538 g/mol. The second-order valence-electron chi connectivity index (χ2n) is 10.9. The number of carbonyl (C=O) groups excluding carboxylic acids is 2. The number of rotatable bonds is 10. The average Bonchev–Trinajstić information content (AvgIpc) is 3.61. The smallest absolute Gasteiger partial charge is 0.410 e. The van der Waals surface area contributed by atoms with Crippen LogP contribution in [0.1, 0.15) is 65.4 Å². The van der Waals surface area contributed by atoms with Gasteiger partial charge in [-0.1, -0.05) is 18.8 Å². The summed E-state index contributed by atoms with van der Waals surface area (Å²) in [6, 6.07) is 1.36. The minimum absolute atomic E-state index is 0.158. The molecule has 4 N–H and O–H groups in total. The number of pyridine rings is 1. The third-order valence-corrected chi connectivity index (χ3v) is 6.35. The van der Waals surface area contributed by atoms with E-state index in [0.29, 0.717) is 66.9 Å². The molecule has 1 fully saturated rings. The summed E-state index contributed by atoms with van der Waals surface area (Å²) in [7, 11) is 1.55. The zero-order chi connectivity index (χ0) is 30.1. The summed E-state index contributed by atoms with van der Waals surface area (Å²) in [6.07, 6.45) is 6.47. The fraction of sp³-hybridized carbons (Fsp3) is 0.517. The highest BCUT2D eigenvalue weighted by Gasteiger charge is 2.36. The number of carbonyl (C=O) groups is 2. The van der Waals surface area contributed by atoms with Crippen LogP contribution < -0.4 is 20.7 Å². The Morgan fingerprint density at radius 2 is 2.05 bits per heavy atom. The van der Waals surface area contributed by atoms with Gasteiger partial charge in [-0.25, -0.2) is 14.8 Å². The molecule has 4 rings (SSSR count). The SMILES string of the molecule is CCCNc1nc(Nc2cnc3[nH]nc(OC)c3c2)ncc1C#CCCCNC(=O)[C@@H]1CCCN1C(=O)OC(C)(C)C. The van der Waals surface area contributed by atoms with E-state index in [0.717, 1.165) is 24.8 Å². The van der Waals surface area contributed by atoms with Gasteiger partial charge in [0.25, 0.3) is 0 Å². The topological polar surface area (TPSA) is 159 Å². The lowest BCUT2D eigenvalue weighted by Crippen LogP contribution is -2.47. The molecule has 1 aliphatic heterocycles. The van der Waals surface area contributed by atoms with Crippen LogP contribution in [0.3, 0.4) is 0 Å². The Morgan fingerprint density at radius 3 is 2.81 bits per heavy atom. The predicted octanol–water partition coefficient (Wildman–Crippen LogP) is 3.97. The first-order valence-corrected chi connectivity index (χ1v) is 14.2. The molecule has 224 valence electrons. The lowest BCUT2D eigenvalue weighted by Gasteiger charge is -2.28. The number of ether oxygens (including phenoxy) is 2. The molecule has 2 amide bonds.